The molecule has 0 unspecified atom stereocenters. The van der Waals surface area contributed by atoms with Gasteiger partial charge in [-0.1, -0.05) is 12.1 Å². The van der Waals surface area contributed by atoms with Crippen LogP contribution in [0.2, 0.25) is 0 Å². The third-order valence-electron chi connectivity index (χ3n) is 5.73. The third kappa shape index (κ3) is 5.29. The van der Waals surface area contributed by atoms with Gasteiger partial charge in [0, 0.05) is 25.7 Å². The third-order valence-corrected chi connectivity index (χ3v) is 5.73. The van der Waals surface area contributed by atoms with Crippen LogP contribution in [-0.4, -0.2) is 65.8 Å². The molecule has 2 aliphatic rings. The first-order valence-corrected chi connectivity index (χ1v) is 10.4. The second-order valence-corrected chi connectivity index (χ2v) is 7.92. The van der Waals surface area contributed by atoms with Crippen LogP contribution in [0.1, 0.15) is 18.4 Å². The predicted octanol–water partition coefficient (Wildman–Crippen LogP) is 2.80. The number of benzene rings is 2. The van der Waals surface area contributed by atoms with Crippen LogP contribution >= 0.6 is 0 Å². The molecule has 2 aromatic rings. The van der Waals surface area contributed by atoms with Crippen LogP contribution in [0.3, 0.4) is 0 Å². The Hall–Kier alpha value is -2.64. The van der Waals surface area contributed by atoms with Crippen LogP contribution in [0.15, 0.2) is 48.5 Å². The Kier molecular flexibility index (Phi) is 6.50. The minimum absolute atomic E-state index is 0.0273. The number of amides is 1. The molecule has 2 fully saturated rings. The zero-order valence-electron chi connectivity index (χ0n) is 16.9. The van der Waals surface area contributed by atoms with Crippen molar-refractivity contribution in [1.82, 2.24) is 9.80 Å². The highest BCUT2D eigenvalue weighted by Gasteiger charge is 2.33. The summed E-state index contributed by atoms with van der Waals surface area (Å²) in [4.78, 5) is 16.7. The van der Waals surface area contributed by atoms with Gasteiger partial charge in [-0.15, -0.1) is 0 Å². The van der Waals surface area contributed by atoms with Gasteiger partial charge in [-0.25, -0.2) is 4.39 Å². The van der Waals surface area contributed by atoms with Crippen LogP contribution < -0.4 is 4.74 Å². The minimum Gasteiger partial charge on any atom is -0.508 e. The van der Waals surface area contributed by atoms with Crippen molar-refractivity contribution in [2.75, 3.05) is 32.8 Å². The number of hydrogen-bond acceptors (Lipinski definition) is 5. The number of phenols is 1. The number of ether oxygens (including phenoxy) is 2. The molecule has 0 spiro atoms. The number of piperidine rings is 1. The van der Waals surface area contributed by atoms with Gasteiger partial charge in [0.25, 0.3) is 0 Å². The summed E-state index contributed by atoms with van der Waals surface area (Å²) in [5.74, 6) is 0.599. The van der Waals surface area contributed by atoms with Gasteiger partial charge in [0.2, 0.25) is 5.91 Å². The summed E-state index contributed by atoms with van der Waals surface area (Å²) in [5.41, 5.74) is 1.09. The van der Waals surface area contributed by atoms with Gasteiger partial charge in [-0.05, 0) is 54.8 Å². The van der Waals surface area contributed by atoms with Gasteiger partial charge < -0.3 is 19.5 Å². The average molecular weight is 414 g/mol. The van der Waals surface area contributed by atoms with Gasteiger partial charge in [-0.2, -0.15) is 0 Å². The molecule has 2 aliphatic heterocycles. The van der Waals surface area contributed by atoms with Gasteiger partial charge in [0.15, 0.2) is 0 Å². The smallest absolute Gasteiger partial charge is 0.248 e. The van der Waals surface area contributed by atoms with Crippen molar-refractivity contribution >= 4 is 5.91 Å². The van der Waals surface area contributed by atoms with E-state index in [1.54, 1.807) is 24.3 Å². The molecule has 6 nitrogen and oxygen atoms in total. The zero-order valence-corrected chi connectivity index (χ0v) is 16.9. The maximum atomic E-state index is 13.0. The number of morpholine rings is 1. The first-order valence-electron chi connectivity index (χ1n) is 10.4. The van der Waals surface area contributed by atoms with Crippen LogP contribution in [0.4, 0.5) is 4.39 Å². The monoisotopic (exact) mass is 414 g/mol. The highest BCUT2D eigenvalue weighted by atomic mass is 19.1. The SMILES string of the molecule is O=C1CO[C@@H](COc2ccc(F)cc2)CN1C1CCN(Cc2cccc(O)c2)CC1. The molecule has 0 bridgehead atoms. The molecule has 1 amide bonds. The fourth-order valence-corrected chi connectivity index (χ4v) is 4.12. The molecule has 4 rings (SSSR count). The lowest BCUT2D eigenvalue weighted by Crippen LogP contribution is -2.55. The fraction of sp³-hybridized carbons (Fsp3) is 0.435. The number of carbonyl (C=O) groups excluding carboxylic acids is 1. The van der Waals surface area contributed by atoms with Crippen molar-refractivity contribution in [3.05, 3.63) is 59.9 Å². The Morgan fingerprint density at radius 2 is 1.90 bits per heavy atom. The maximum absolute atomic E-state index is 13.0. The van der Waals surface area contributed by atoms with Crippen LogP contribution in [-0.2, 0) is 16.1 Å². The highest BCUT2D eigenvalue weighted by Crippen LogP contribution is 2.23. The van der Waals surface area contributed by atoms with Gasteiger partial charge in [0.05, 0.1) is 6.54 Å². The molecule has 2 heterocycles. The number of rotatable bonds is 6. The molecule has 30 heavy (non-hydrogen) atoms. The van der Waals surface area contributed by atoms with Crippen LogP contribution in [0.5, 0.6) is 11.5 Å². The Labute approximate surface area is 175 Å². The topological polar surface area (TPSA) is 62.2 Å². The highest BCUT2D eigenvalue weighted by molar-refractivity contribution is 5.78. The standard InChI is InChI=1S/C23H27FN2O4/c24-18-4-6-21(7-5-18)29-15-22-14-26(23(28)16-30-22)19-8-10-25(11-9-19)13-17-2-1-3-20(27)12-17/h1-7,12,19,22,27H,8-11,13-16H2/t22-/m1/s1. The first kappa shape index (κ1) is 20.6. The lowest BCUT2D eigenvalue weighted by molar-refractivity contribution is -0.155. The van der Waals surface area contributed by atoms with E-state index in [9.17, 15) is 14.3 Å². The minimum atomic E-state index is -0.302. The molecule has 1 atom stereocenters. The number of aromatic hydroxyl groups is 1. The fourth-order valence-electron chi connectivity index (χ4n) is 4.12. The predicted molar refractivity (Wildman–Crippen MR) is 110 cm³/mol. The van der Waals surface area contributed by atoms with Gasteiger partial charge >= 0.3 is 0 Å². The Morgan fingerprint density at radius 1 is 1.13 bits per heavy atom. The number of likely N-dealkylation sites (tertiary alicyclic amines) is 1. The number of halogens is 1. The summed E-state index contributed by atoms with van der Waals surface area (Å²) in [6.07, 6.45) is 1.63. The van der Waals surface area contributed by atoms with Crippen LogP contribution in [0, 0.1) is 5.82 Å². The molecule has 0 aromatic heterocycles. The number of carbonyl (C=O) groups is 1. The zero-order chi connectivity index (χ0) is 20.9. The molecule has 0 aliphatic carbocycles. The van der Waals surface area contributed by atoms with E-state index < -0.39 is 0 Å². The normalized spacial score (nSPS) is 21.0. The number of phenolic OH excluding ortho intramolecular Hbond substituents is 1. The maximum Gasteiger partial charge on any atom is 0.248 e. The molecule has 1 N–H and O–H groups in total. The van der Waals surface area contributed by atoms with E-state index >= 15 is 0 Å². The van der Waals surface area contributed by atoms with E-state index in [4.69, 9.17) is 9.47 Å². The molecule has 2 aromatic carbocycles. The molecule has 7 heteroatoms. The van der Waals surface area contributed by atoms with Crippen molar-refractivity contribution < 1.29 is 23.8 Å². The van der Waals surface area contributed by atoms with E-state index in [2.05, 4.69) is 4.90 Å². The molecule has 160 valence electrons. The lowest BCUT2D eigenvalue weighted by atomic mass is 10.0. The Morgan fingerprint density at radius 3 is 2.63 bits per heavy atom. The Bertz CT molecular complexity index is 853. The summed E-state index contributed by atoms with van der Waals surface area (Å²) in [6, 6.07) is 13.4. The molecule has 0 radical (unpaired) electrons. The van der Waals surface area contributed by atoms with Crippen molar-refractivity contribution in [1.29, 1.82) is 0 Å². The summed E-state index contributed by atoms with van der Waals surface area (Å²) in [6.45, 7) is 3.51. The van der Waals surface area contributed by atoms with Crippen molar-refractivity contribution in [2.24, 2.45) is 0 Å². The quantitative estimate of drug-likeness (QED) is 0.788. The van der Waals surface area contributed by atoms with Gasteiger partial charge in [-0.3, -0.25) is 9.69 Å². The van der Waals surface area contributed by atoms with Crippen molar-refractivity contribution in [3.8, 4) is 11.5 Å². The lowest BCUT2D eigenvalue weighted by Gasteiger charge is -2.42. The summed E-state index contributed by atoms with van der Waals surface area (Å²) in [5, 5.41) is 9.64. The van der Waals surface area contributed by atoms with Crippen molar-refractivity contribution in [2.45, 2.75) is 31.5 Å². The van der Waals surface area contributed by atoms with Crippen molar-refractivity contribution in [3.63, 3.8) is 0 Å². The summed E-state index contributed by atoms with van der Waals surface area (Å²) in [7, 11) is 0. The first-order chi connectivity index (χ1) is 14.6. The van der Waals surface area contributed by atoms with E-state index in [0.717, 1.165) is 38.0 Å². The van der Waals surface area contributed by atoms with E-state index in [1.165, 1.54) is 12.1 Å². The van der Waals surface area contributed by atoms with Crippen LogP contribution in [0.25, 0.3) is 0 Å². The number of hydrogen-bond donors (Lipinski definition) is 1. The molecular weight excluding hydrogens is 387 g/mol. The molecule has 2 saturated heterocycles. The van der Waals surface area contributed by atoms with E-state index in [1.807, 2.05) is 17.0 Å². The average Bonchev–Trinajstić information content (AvgIpc) is 2.75. The second-order valence-electron chi connectivity index (χ2n) is 7.92. The largest absolute Gasteiger partial charge is 0.508 e. The van der Waals surface area contributed by atoms with Gasteiger partial charge in [0.1, 0.15) is 36.6 Å². The molecular formula is C23H27FN2O4. The number of nitrogens with zero attached hydrogens (tertiary/aromatic N) is 2. The summed E-state index contributed by atoms with van der Waals surface area (Å²) < 4.78 is 24.4. The Balaban J connectivity index is 1.27. The van der Waals surface area contributed by atoms with E-state index in [-0.39, 0.29) is 36.2 Å². The summed E-state index contributed by atoms with van der Waals surface area (Å²) >= 11 is 0. The molecule has 0 saturated carbocycles. The second kappa shape index (κ2) is 9.45. The van der Waals surface area contributed by atoms with E-state index in [0.29, 0.717) is 18.9 Å².